The topological polar surface area (TPSA) is 86.8 Å². The van der Waals surface area contributed by atoms with Gasteiger partial charge in [0, 0.05) is 13.1 Å². The smallest absolute Gasteiger partial charge is 0.244 e. The number of nitrogens with one attached hydrogen (secondary N) is 1. The van der Waals surface area contributed by atoms with Gasteiger partial charge in [0.25, 0.3) is 0 Å². The summed E-state index contributed by atoms with van der Waals surface area (Å²) in [6.45, 7) is 7.82. The molecule has 0 unspecified atom stereocenters. The molecule has 2 amide bonds. The molecule has 180 valence electrons. The molecule has 0 aromatic heterocycles. The Bertz CT molecular complexity index is 1070. The van der Waals surface area contributed by atoms with Gasteiger partial charge in [0.05, 0.1) is 11.9 Å². The lowest BCUT2D eigenvalue weighted by Gasteiger charge is -2.32. The summed E-state index contributed by atoms with van der Waals surface area (Å²) in [4.78, 5) is 27.7. The van der Waals surface area contributed by atoms with Gasteiger partial charge >= 0.3 is 0 Å². The van der Waals surface area contributed by atoms with E-state index in [1.807, 2.05) is 44.2 Å². The molecule has 0 heterocycles. The Kier molecular flexibility index (Phi) is 9.46. The van der Waals surface area contributed by atoms with Crippen LogP contribution in [0.15, 0.2) is 48.5 Å². The molecule has 7 nitrogen and oxygen atoms in total. The molecule has 1 atom stereocenters. The summed E-state index contributed by atoms with van der Waals surface area (Å²) in [5.41, 5.74) is 3.10. The van der Waals surface area contributed by atoms with Gasteiger partial charge in [-0.05, 0) is 44.4 Å². The Balaban J connectivity index is 2.36. The van der Waals surface area contributed by atoms with E-state index in [-0.39, 0.29) is 19.0 Å². The molecule has 33 heavy (non-hydrogen) atoms. The van der Waals surface area contributed by atoms with Crippen LogP contribution in [0.3, 0.4) is 0 Å². The Morgan fingerprint density at radius 1 is 1.06 bits per heavy atom. The van der Waals surface area contributed by atoms with E-state index in [1.54, 1.807) is 32.0 Å². The van der Waals surface area contributed by atoms with Gasteiger partial charge in [-0.25, -0.2) is 8.42 Å². The molecule has 0 fully saturated rings. The van der Waals surface area contributed by atoms with E-state index in [9.17, 15) is 18.0 Å². The highest BCUT2D eigenvalue weighted by molar-refractivity contribution is 7.92. The highest BCUT2D eigenvalue weighted by Gasteiger charge is 2.30. The van der Waals surface area contributed by atoms with Gasteiger partial charge < -0.3 is 10.2 Å². The van der Waals surface area contributed by atoms with E-state index in [2.05, 4.69) is 5.32 Å². The molecule has 0 aliphatic heterocycles. The van der Waals surface area contributed by atoms with Crippen LogP contribution in [0.5, 0.6) is 0 Å². The second-order valence-electron chi connectivity index (χ2n) is 8.39. The van der Waals surface area contributed by atoms with Crippen molar-refractivity contribution >= 4 is 27.5 Å². The summed E-state index contributed by atoms with van der Waals surface area (Å²) in [6.07, 6.45) is 2.87. The number of carbonyl (C=O) groups is 2. The first-order chi connectivity index (χ1) is 15.5. The highest BCUT2D eigenvalue weighted by atomic mass is 32.2. The normalized spacial score (nSPS) is 12.2. The number of aryl methyl sites for hydroxylation is 2. The number of amides is 2. The molecule has 2 aromatic carbocycles. The van der Waals surface area contributed by atoms with E-state index in [1.165, 1.54) is 4.90 Å². The number of sulfonamides is 1. The summed E-state index contributed by atoms with van der Waals surface area (Å²) in [5.74, 6) is -0.699. The van der Waals surface area contributed by atoms with E-state index in [0.717, 1.165) is 40.1 Å². The van der Waals surface area contributed by atoms with Crippen molar-refractivity contribution in [3.8, 4) is 0 Å². The summed E-state index contributed by atoms with van der Waals surface area (Å²) >= 11 is 0. The summed E-state index contributed by atoms with van der Waals surface area (Å²) < 4.78 is 26.3. The zero-order chi connectivity index (χ0) is 24.6. The molecule has 1 N–H and O–H groups in total. The predicted octanol–water partition coefficient (Wildman–Crippen LogP) is 3.40. The lowest BCUT2D eigenvalue weighted by Crippen LogP contribution is -2.51. The first-order valence-corrected chi connectivity index (χ1v) is 13.1. The van der Waals surface area contributed by atoms with Crippen LogP contribution in [0, 0.1) is 13.8 Å². The van der Waals surface area contributed by atoms with Crippen molar-refractivity contribution in [2.45, 2.75) is 53.1 Å². The van der Waals surface area contributed by atoms with Gasteiger partial charge in [0.15, 0.2) is 0 Å². The second kappa shape index (κ2) is 11.8. The fourth-order valence-corrected chi connectivity index (χ4v) is 4.47. The molecule has 8 heteroatoms. The van der Waals surface area contributed by atoms with Gasteiger partial charge in [0.1, 0.15) is 12.6 Å². The first kappa shape index (κ1) is 26.4. The van der Waals surface area contributed by atoms with Crippen molar-refractivity contribution < 1.29 is 18.0 Å². The molecule has 0 radical (unpaired) electrons. The molecule has 0 saturated heterocycles. The van der Waals surface area contributed by atoms with Gasteiger partial charge in [-0.3, -0.25) is 13.9 Å². The van der Waals surface area contributed by atoms with Crippen molar-refractivity contribution in [2.24, 2.45) is 0 Å². The Labute approximate surface area is 197 Å². The summed E-state index contributed by atoms with van der Waals surface area (Å²) in [5, 5.41) is 2.88. The SMILES string of the molecule is CCCCNC(=O)[C@H](C)N(Cc1cccc(C)c1)C(=O)CN(c1ccccc1C)S(C)(=O)=O. The van der Waals surface area contributed by atoms with Crippen LogP contribution in [0.1, 0.15) is 43.4 Å². The lowest BCUT2D eigenvalue weighted by atomic mass is 10.1. The van der Waals surface area contributed by atoms with E-state index in [4.69, 9.17) is 0 Å². The molecule has 0 aliphatic rings. The van der Waals surface area contributed by atoms with E-state index in [0.29, 0.717) is 12.2 Å². The molecule has 0 spiro atoms. The maximum absolute atomic E-state index is 13.5. The van der Waals surface area contributed by atoms with Gasteiger partial charge in [-0.1, -0.05) is 61.4 Å². The van der Waals surface area contributed by atoms with Gasteiger partial charge in [-0.15, -0.1) is 0 Å². The zero-order valence-corrected chi connectivity index (χ0v) is 21.0. The van der Waals surface area contributed by atoms with Crippen molar-refractivity contribution in [1.29, 1.82) is 0 Å². The number of nitrogens with zero attached hydrogens (tertiary/aromatic N) is 2. The Hall–Kier alpha value is -2.87. The highest BCUT2D eigenvalue weighted by Crippen LogP contribution is 2.23. The average Bonchev–Trinajstić information content (AvgIpc) is 2.75. The van der Waals surface area contributed by atoms with Crippen LogP contribution < -0.4 is 9.62 Å². The number of anilines is 1. The van der Waals surface area contributed by atoms with Crippen LogP contribution in [0.4, 0.5) is 5.69 Å². The molecule has 0 bridgehead atoms. The molecular formula is C25H35N3O4S. The largest absolute Gasteiger partial charge is 0.354 e. The number of rotatable bonds is 11. The van der Waals surface area contributed by atoms with Crippen LogP contribution in [-0.4, -0.2) is 50.5 Å². The summed E-state index contributed by atoms with van der Waals surface area (Å²) in [7, 11) is -3.73. The fourth-order valence-electron chi connectivity index (χ4n) is 3.56. The van der Waals surface area contributed by atoms with Crippen LogP contribution in [0.25, 0.3) is 0 Å². The minimum absolute atomic E-state index is 0.203. The number of hydrogen-bond acceptors (Lipinski definition) is 4. The number of para-hydroxylation sites is 1. The zero-order valence-electron chi connectivity index (χ0n) is 20.2. The van der Waals surface area contributed by atoms with Crippen molar-refractivity contribution in [3.05, 3.63) is 65.2 Å². The van der Waals surface area contributed by atoms with Crippen LogP contribution in [-0.2, 0) is 26.2 Å². The Morgan fingerprint density at radius 2 is 1.76 bits per heavy atom. The standard InChI is InChI=1S/C25H35N3O4S/c1-6-7-15-26-25(30)21(4)27(17-22-13-10-11-19(2)16-22)24(29)18-28(33(5,31)32)23-14-9-8-12-20(23)3/h8-14,16,21H,6-7,15,17-18H2,1-5H3,(H,26,30)/t21-/m0/s1. The maximum atomic E-state index is 13.5. The third-order valence-corrected chi connectivity index (χ3v) is 6.62. The molecule has 0 aliphatic carbocycles. The molecule has 0 saturated carbocycles. The number of hydrogen-bond donors (Lipinski definition) is 1. The van der Waals surface area contributed by atoms with Crippen LogP contribution in [0.2, 0.25) is 0 Å². The third kappa shape index (κ3) is 7.60. The van der Waals surface area contributed by atoms with Crippen molar-refractivity contribution in [2.75, 3.05) is 23.7 Å². The molecular weight excluding hydrogens is 438 g/mol. The Morgan fingerprint density at radius 3 is 2.36 bits per heavy atom. The fraction of sp³-hybridized carbons (Fsp3) is 0.440. The molecule has 2 aromatic rings. The minimum atomic E-state index is -3.73. The monoisotopic (exact) mass is 473 g/mol. The van der Waals surface area contributed by atoms with E-state index >= 15 is 0 Å². The lowest BCUT2D eigenvalue weighted by molar-refractivity contribution is -0.139. The average molecular weight is 474 g/mol. The quantitative estimate of drug-likeness (QED) is 0.507. The number of carbonyl (C=O) groups excluding carboxylic acids is 2. The summed E-state index contributed by atoms with van der Waals surface area (Å²) in [6, 6.07) is 14.0. The number of benzene rings is 2. The van der Waals surface area contributed by atoms with Crippen molar-refractivity contribution in [3.63, 3.8) is 0 Å². The third-order valence-electron chi connectivity index (χ3n) is 5.50. The van der Waals surface area contributed by atoms with E-state index < -0.39 is 22.0 Å². The predicted molar refractivity (Wildman–Crippen MR) is 132 cm³/mol. The maximum Gasteiger partial charge on any atom is 0.244 e. The minimum Gasteiger partial charge on any atom is -0.354 e. The van der Waals surface area contributed by atoms with Gasteiger partial charge in [-0.2, -0.15) is 0 Å². The first-order valence-electron chi connectivity index (χ1n) is 11.2. The van der Waals surface area contributed by atoms with Crippen LogP contribution >= 0.6 is 0 Å². The van der Waals surface area contributed by atoms with Gasteiger partial charge in [0.2, 0.25) is 21.8 Å². The second-order valence-corrected chi connectivity index (χ2v) is 10.3. The molecule has 2 rings (SSSR count). The number of unbranched alkanes of at least 4 members (excludes halogenated alkanes) is 1. The van der Waals surface area contributed by atoms with Crippen molar-refractivity contribution in [1.82, 2.24) is 10.2 Å².